The summed E-state index contributed by atoms with van der Waals surface area (Å²) in [5, 5.41) is 8.83. The van der Waals surface area contributed by atoms with Crippen molar-refractivity contribution in [1.82, 2.24) is 9.03 Å². The van der Waals surface area contributed by atoms with Crippen molar-refractivity contribution in [2.45, 2.75) is 12.2 Å². The van der Waals surface area contributed by atoms with Crippen molar-refractivity contribution in [3.8, 4) is 0 Å². The van der Waals surface area contributed by atoms with E-state index in [0.29, 0.717) is 10.1 Å². The Kier molecular flexibility index (Phi) is 4.86. The lowest BCUT2D eigenvalue weighted by Gasteiger charge is -2.31. The summed E-state index contributed by atoms with van der Waals surface area (Å²) >= 11 is 1.24. The van der Waals surface area contributed by atoms with Crippen LogP contribution in [0.5, 0.6) is 0 Å². The standard InChI is InChI=1S/C7H11F3N2O4S2/c8-7(9,10)4-11-18(15,16)12-1-2-17-3-5(12)6(13)14/h5,11H,1-4H2,(H,13,14). The number of carboxylic acid groups (broad SMARTS) is 1. The van der Waals surface area contributed by atoms with E-state index in [0.717, 1.165) is 0 Å². The Morgan fingerprint density at radius 1 is 1.50 bits per heavy atom. The van der Waals surface area contributed by atoms with Crippen LogP contribution in [0.4, 0.5) is 13.2 Å². The number of thioether (sulfide) groups is 1. The molecule has 6 nitrogen and oxygen atoms in total. The zero-order chi connectivity index (χ0) is 14.0. The van der Waals surface area contributed by atoms with Crippen LogP contribution in [-0.2, 0) is 15.0 Å². The maximum atomic E-state index is 11.9. The number of nitrogens with zero attached hydrogens (tertiary/aromatic N) is 1. The van der Waals surface area contributed by atoms with E-state index in [4.69, 9.17) is 5.11 Å². The minimum absolute atomic E-state index is 0.0161. The molecule has 0 aromatic rings. The fraction of sp³-hybridized carbons (Fsp3) is 0.857. The Morgan fingerprint density at radius 2 is 2.11 bits per heavy atom. The zero-order valence-electron chi connectivity index (χ0n) is 8.98. The van der Waals surface area contributed by atoms with Gasteiger partial charge in [-0.25, -0.2) is 0 Å². The average molecular weight is 308 g/mol. The van der Waals surface area contributed by atoms with Crippen molar-refractivity contribution < 1.29 is 31.5 Å². The van der Waals surface area contributed by atoms with E-state index < -0.39 is 34.9 Å². The number of aliphatic carboxylic acids is 1. The predicted molar refractivity (Wildman–Crippen MR) is 58.4 cm³/mol. The quantitative estimate of drug-likeness (QED) is 0.756. The molecule has 1 heterocycles. The van der Waals surface area contributed by atoms with Crippen LogP contribution in [0.2, 0.25) is 0 Å². The summed E-state index contributed by atoms with van der Waals surface area (Å²) in [6, 6.07) is -1.34. The predicted octanol–water partition coefficient (Wildman–Crippen LogP) is -0.115. The van der Waals surface area contributed by atoms with Crippen molar-refractivity contribution in [1.29, 1.82) is 0 Å². The van der Waals surface area contributed by atoms with Gasteiger partial charge in [0.1, 0.15) is 12.6 Å². The topological polar surface area (TPSA) is 86.7 Å². The molecule has 0 spiro atoms. The number of hydrogen-bond acceptors (Lipinski definition) is 4. The Morgan fingerprint density at radius 3 is 2.61 bits per heavy atom. The van der Waals surface area contributed by atoms with Crippen molar-refractivity contribution in [3.05, 3.63) is 0 Å². The normalized spacial score (nSPS) is 22.9. The van der Waals surface area contributed by atoms with E-state index in [9.17, 15) is 26.4 Å². The second-order valence-electron chi connectivity index (χ2n) is 3.48. The molecule has 11 heteroatoms. The molecule has 0 amide bonds. The molecule has 0 saturated carbocycles. The number of alkyl halides is 3. The molecule has 0 aromatic heterocycles. The third-order valence-electron chi connectivity index (χ3n) is 2.13. The fourth-order valence-electron chi connectivity index (χ4n) is 1.33. The number of rotatable bonds is 4. The SMILES string of the molecule is O=C(O)C1CSCCN1S(=O)(=O)NCC(F)(F)F. The number of nitrogens with one attached hydrogen (secondary N) is 1. The number of hydrogen-bond donors (Lipinski definition) is 2. The van der Waals surface area contributed by atoms with Crippen molar-refractivity contribution in [2.24, 2.45) is 0 Å². The first-order valence-corrected chi connectivity index (χ1v) is 7.37. The van der Waals surface area contributed by atoms with Gasteiger partial charge in [-0.1, -0.05) is 0 Å². The van der Waals surface area contributed by atoms with Crippen LogP contribution in [-0.4, -0.2) is 60.6 Å². The van der Waals surface area contributed by atoms with E-state index in [1.165, 1.54) is 16.5 Å². The molecule has 1 atom stereocenters. The van der Waals surface area contributed by atoms with Crippen LogP contribution >= 0.6 is 11.8 Å². The van der Waals surface area contributed by atoms with Gasteiger partial charge in [0.25, 0.3) is 10.2 Å². The van der Waals surface area contributed by atoms with Gasteiger partial charge in [-0.2, -0.15) is 42.4 Å². The number of carbonyl (C=O) groups is 1. The van der Waals surface area contributed by atoms with E-state index in [1.54, 1.807) is 0 Å². The fourth-order valence-corrected chi connectivity index (χ4v) is 3.92. The molecule has 1 aliphatic rings. The average Bonchev–Trinajstić information content (AvgIpc) is 2.26. The highest BCUT2D eigenvalue weighted by molar-refractivity contribution is 7.99. The number of halogens is 3. The summed E-state index contributed by atoms with van der Waals surface area (Å²) in [4.78, 5) is 10.8. The van der Waals surface area contributed by atoms with Gasteiger partial charge < -0.3 is 5.11 Å². The molecule has 1 rings (SSSR count). The van der Waals surface area contributed by atoms with E-state index in [2.05, 4.69) is 0 Å². The summed E-state index contributed by atoms with van der Waals surface area (Å²) in [7, 11) is -4.44. The second kappa shape index (κ2) is 5.63. The van der Waals surface area contributed by atoms with Crippen LogP contribution in [0, 0.1) is 0 Å². The third-order valence-corrected chi connectivity index (χ3v) is 4.71. The molecule has 1 fully saturated rings. The van der Waals surface area contributed by atoms with Crippen LogP contribution in [0.1, 0.15) is 0 Å². The van der Waals surface area contributed by atoms with Crippen LogP contribution < -0.4 is 4.72 Å². The van der Waals surface area contributed by atoms with Crippen molar-refractivity contribution >= 4 is 27.9 Å². The summed E-state index contributed by atoms with van der Waals surface area (Å²) in [5.74, 6) is -1.02. The van der Waals surface area contributed by atoms with Gasteiger partial charge in [-0.05, 0) is 0 Å². The van der Waals surface area contributed by atoms with Gasteiger partial charge in [0.15, 0.2) is 0 Å². The maximum absolute atomic E-state index is 11.9. The molecular weight excluding hydrogens is 297 g/mol. The van der Waals surface area contributed by atoms with E-state index in [1.807, 2.05) is 0 Å². The zero-order valence-corrected chi connectivity index (χ0v) is 10.6. The van der Waals surface area contributed by atoms with Gasteiger partial charge in [-0.3, -0.25) is 4.79 Å². The first-order valence-electron chi connectivity index (χ1n) is 4.77. The van der Waals surface area contributed by atoms with Gasteiger partial charge in [-0.15, -0.1) is 0 Å². The highest BCUT2D eigenvalue weighted by Gasteiger charge is 2.39. The number of carboxylic acids is 1. The smallest absolute Gasteiger partial charge is 0.402 e. The first kappa shape index (κ1) is 15.5. The molecule has 1 aliphatic heterocycles. The second-order valence-corrected chi connectivity index (χ2v) is 6.34. The van der Waals surface area contributed by atoms with Crippen molar-refractivity contribution in [2.75, 3.05) is 24.6 Å². The summed E-state index contributed by atoms with van der Waals surface area (Å²) in [6.45, 7) is -1.85. The monoisotopic (exact) mass is 308 g/mol. The molecule has 1 saturated heterocycles. The molecule has 0 aromatic carbocycles. The molecule has 2 N–H and O–H groups in total. The van der Waals surface area contributed by atoms with Gasteiger partial charge in [0.2, 0.25) is 0 Å². The molecule has 0 bridgehead atoms. The first-order chi connectivity index (χ1) is 8.13. The Balaban J connectivity index is 2.78. The van der Waals surface area contributed by atoms with Crippen LogP contribution in [0.3, 0.4) is 0 Å². The summed E-state index contributed by atoms with van der Waals surface area (Å²) in [6.07, 6.45) is -4.68. The van der Waals surface area contributed by atoms with Gasteiger partial charge in [0.05, 0.1) is 0 Å². The lowest BCUT2D eigenvalue weighted by atomic mass is 10.3. The molecule has 18 heavy (non-hydrogen) atoms. The highest BCUT2D eigenvalue weighted by Crippen LogP contribution is 2.20. The Bertz CT molecular complexity index is 411. The minimum atomic E-state index is -4.68. The third kappa shape index (κ3) is 4.30. The molecule has 0 radical (unpaired) electrons. The summed E-state index contributed by atoms with van der Waals surface area (Å²) < 4.78 is 60.9. The Hall–Kier alpha value is -0.520. The Labute approximate surface area is 106 Å². The van der Waals surface area contributed by atoms with Gasteiger partial charge in [0, 0.05) is 18.1 Å². The van der Waals surface area contributed by atoms with Crippen molar-refractivity contribution in [3.63, 3.8) is 0 Å². The highest BCUT2D eigenvalue weighted by atomic mass is 32.2. The van der Waals surface area contributed by atoms with Crippen LogP contribution in [0.15, 0.2) is 0 Å². The summed E-state index contributed by atoms with van der Waals surface area (Å²) in [5.41, 5.74) is 0. The largest absolute Gasteiger partial charge is 0.480 e. The molecule has 106 valence electrons. The molecule has 1 unspecified atom stereocenters. The lowest BCUT2D eigenvalue weighted by Crippen LogP contribution is -2.55. The molecule has 0 aliphatic carbocycles. The van der Waals surface area contributed by atoms with E-state index >= 15 is 0 Å². The van der Waals surface area contributed by atoms with Gasteiger partial charge >= 0.3 is 12.1 Å². The minimum Gasteiger partial charge on any atom is -0.480 e. The van der Waals surface area contributed by atoms with Crippen LogP contribution in [0.25, 0.3) is 0 Å². The van der Waals surface area contributed by atoms with E-state index in [-0.39, 0.29) is 12.3 Å². The maximum Gasteiger partial charge on any atom is 0.402 e. The lowest BCUT2D eigenvalue weighted by molar-refractivity contribution is -0.140. The molecular formula is C7H11F3N2O4S2.